The van der Waals surface area contributed by atoms with Crippen LogP contribution >= 0.6 is 0 Å². The summed E-state index contributed by atoms with van der Waals surface area (Å²) in [5.41, 5.74) is 0. The van der Waals surface area contributed by atoms with Crippen molar-refractivity contribution in [1.82, 2.24) is 0 Å². The Hall–Kier alpha value is -1.39. The Bertz CT molecular complexity index is 737. The number of halogens is 4. The molecule has 27 heavy (non-hydrogen) atoms. The molecule has 154 valence electrons. The number of ether oxygens (including phenoxy) is 2. The van der Waals surface area contributed by atoms with Crippen LogP contribution in [0.15, 0.2) is 0 Å². The topological polar surface area (TPSA) is 86.7 Å². The van der Waals surface area contributed by atoms with Crippen molar-refractivity contribution in [2.24, 2.45) is 23.7 Å². The summed E-state index contributed by atoms with van der Waals surface area (Å²) in [6.45, 7) is -0.253. The fourth-order valence-corrected chi connectivity index (χ4v) is 5.06. The molecule has 0 aromatic carbocycles. The lowest BCUT2D eigenvalue weighted by atomic mass is 9.82. The number of carbonyl (C=O) groups excluding carboxylic acids is 2. The van der Waals surface area contributed by atoms with Gasteiger partial charge in [-0.25, -0.2) is 8.42 Å². The minimum atomic E-state index is -5.25. The van der Waals surface area contributed by atoms with Gasteiger partial charge in [-0.3, -0.25) is 9.59 Å². The first-order valence-corrected chi connectivity index (χ1v) is 10.6. The average molecular weight is 416 g/mol. The van der Waals surface area contributed by atoms with Gasteiger partial charge >= 0.3 is 23.1 Å². The SMILES string of the molecule is CS(=O)(=O)C(F)(F)C(F)(F)CCCCOC(=O)C1C2CC3C(=O)OC1C3C2. The zero-order valence-corrected chi connectivity index (χ0v) is 15.3. The maximum atomic E-state index is 13.5. The van der Waals surface area contributed by atoms with Crippen molar-refractivity contribution in [3.8, 4) is 0 Å². The van der Waals surface area contributed by atoms with Crippen LogP contribution in [0.25, 0.3) is 0 Å². The standard InChI is InChI=1S/C16H20F4O6S/c1-27(23,24)16(19,20)15(17,18)4-2-3-5-25-14(22)11-8-6-9-10(7-8)13(21)26-12(9)11/h8-12H,2-7H2,1H3. The number of hydrogen-bond donors (Lipinski definition) is 0. The molecule has 6 nitrogen and oxygen atoms in total. The number of carbonyl (C=O) groups is 2. The summed E-state index contributed by atoms with van der Waals surface area (Å²) in [6, 6.07) is 0. The number of fused-ring (bicyclic) bond motifs is 1. The largest absolute Gasteiger partial charge is 0.465 e. The minimum Gasteiger partial charge on any atom is -0.465 e. The second kappa shape index (κ2) is 6.59. The van der Waals surface area contributed by atoms with Crippen LogP contribution in [0.1, 0.15) is 32.1 Å². The monoisotopic (exact) mass is 416 g/mol. The fourth-order valence-electron chi connectivity index (χ4n) is 4.42. The lowest BCUT2D eigenvalue weighted by molar-refractivity contribution is -0.162. The highest BCUT2D eigenvalue weighted by Gasteiger charge is 2.64. The molecule has 0 aromatic rings. The van der Waals surface area contributed by atoms with Crippen LogP contribution in [0.2, 0.25) is 0 Å². The molecule has 1 saturated heterocycles. The first-order chi connectivity index (χ1) is 12.4. The number of hydrogen-bond acceptors (Lipinski definition) is 6. The molecule has 3 rings (SSSR count). The van der Waals surface area contributed by atoms with Crippen molar-refractivity contribution >= 4 is 21.8 Å². The molecule has 3 aliphatic rings. The third kappa shape index (κ3) is 3.31. The summed E-state index contributed by atoms with van der Waals surface area (Å²) < 4.78 is 85.5. The molecular weight excluding hydrogens is 396 g/mol. The van der Waals surface area contributed by atoms with Crippen molar-refractivity contribution in [1.29, 1.82) is 0 Å². The second-order valence-corrected chi connectivity index (χ2v) is 9.60. The predicted molar refractivity (Wildman–Crippen MR) is 82.6 cm³/mol. The second-order valence-electron chi connectivity index (χ2n) is 7.55. The molecule has 0 spiro atoms. The normalized spacial score (nSPS) is 32.6. The summed E-state index contributed by atoms with van der Waals surface area (Å²) >= 11 is 0. The van der Waals surface area contributed by atoms with E-state index in [0.717, 1.165) is 0 Å². The molecule has 0 N–H and O–H groups in total. The van der Waals surface area contributed by atoms with Crippen LogP contribution in [0.5, 0.6) is 0 Å². The average Bonchev–Trinajstić information content (AvgIpc) is 3.15. The van der Waals surface area contributed by atoms with Crippen LogP contribution in [0, 0.1) is 23.7 Å². The highest BCUT2D eigenvalue weighted by Crippen LogP contribution is 2.57. The Kier molecular flexibility index (Phi) is 4.97. The molecule has 2 bridgehead atoms. The van der Waals surface area contributed by atoms with Crippen LogP contribution < -0.4 is 0 Å². The molecule has 11 heteroatoms. The van der Waals surface area contributed by atoms with E-state index in [-0.39, 0.29) is 43.0 Å². The van der Waals surface area contributed by atoms with Gasteiger partial charge in [0.1, 0.15) is 6.10 Å². The van der Waals surface area contributed by atoms with E-state index in [1.54, 1.807) is 0 Å². The van der Waals surface area contributed by atoms with Crippen molar-refractivity contribution in [2.45, 2.75) is 49.4 Å². The smallest absolute Gasteiger partial charge is 0.406 e. The summed E-state index contributed by atoms with van der Waals surface area (Å²) in [6.07, 6.45) is -1.05. The van der Waals surface area contributed by atoms with Crippen LogP contribution in [-0.2, 0) is 28.9 Å². The van der Waals surface area contributed by atoms with E-state index >= 15 is 0 Å². The molecule has 3 fully saturated rings. The number of alkyl halides is 4. The molecule has 0 radical (unpaired) electrons. The molecule has 0 aromatic heterocycles. The van der Waals surface area contributed by atoms with Crippen molar-refractivity contribution in [3.05, 3.63) is 0 Å². The molecule has 0 amide bonds. The molecule has 5 unspecified atom stereocenters. The quantitative estimate of drug-likeness (QED) is 0.342. The van der Waals surface area contributed by atoms with Gasteiger partial charge in [0.15, 0.2) is 0 Å². The number of rotatable bonds is 8. The Balaban J connectivity index is 1.44. The minimum absolute atomic E-state index is 0.00161. The summed E-state index contributed by atoms with van der Waals surface area (Å²) in [5, 5.41) is -5.15. The van der Waals surface area contributed by atoms with E-state index in [9.17, 15) is 35.6 Å². The van der Waals surface area contributed by atoms with Gasteiger partial charge in [-0.1, -0.05) is 0 Å². The first kappa shape index (κ1) is 20.3. The van der Waals surface area contributed by atoms with Gasteiger partial charge in [-0.15, -0.1) is 0 Å². The maximum absolute atomic E-state index is 13.5. The summed E-state index contributed by atoms with van der Waals surface area (Å²) in [4.78, 5) is 23.9. The first-order valence-electron chi connectivity index (χ1n) is 8.69. The van der Waals surface area contributed by atoms with E-state index in [2.05, 4.69) is 0 Å². The third-order valence-electron chi connectivity index (χ3n) is 5.78. The highest BCUT2D eigenvalue weighted by atomic mass is 32.2. The molecular formula is C16H20F4O6S. The molecule has 5 atom stereocenters. The number of esters is 2. The Morgan fingerprint density at radius 1 is 1.22 bits per heavy atom. The van der Waals surface area contributed by atoms with Gasteiger partial charge in [0.05, 0.1) is 18.4 Å². The van der Waals surface area contributed by atoms with E-state index in [4.69, 9.17) is 9.47 Å². The zero-order valence-electron chi connectivity index (χ0n) is 14.5. The maximum Gasteiger partial charge on any atom is 0.406 e. The number of sulfone groups is 1. The number of unbranched alkanes of at least 4 members (excludes halogenated alkanes) is 1. The lowest BCUT2D eigenvalue weighted by Crippen LogP contribution is -2.46. The van der Waals surface area contributed by atoms with E-state index in [1.165, 1.54) is 0 Å². The molecule has 1 aliphatic heterocycles. The van der Waals surface area contributed by atoms with Gasteiger partial charge in [-0.05, 0) is 31.6 Å². The van der Waals surface area contributed by atoms with Crippen LogP contribution in [0.3, 0.4) is 0 Å². The molecule has 2 aliphatic carbocycles. The van der Waals surface area contributed by atoms with Gasteiger partial charge in [0.25, 0.3) is 0 Å². The van der Waals surface area contributed by atoms with Gasteiger partial charge < -0.3 is 9.47 Å². The van der Waals surface area contributed by atoms with E-state index < -0.39 is 51.8 Å². The van der Waals surface area contributed by atoms with Gasteiger partial charge in [0.2, 0.25) is 9.84 Å². The van der Waals surface area contributed by atoms with E-state index in [1.807, 2.05) is 0 Å². The van der Waals surface area contributed by atoms with Gasteiger partial charge in [-0.2, -0.15) is 17.6 Å². The van der Waals surface area contributed by atoms with Crippen molar-refractivity contribution in [3.63, 3.8) is 0 Å². The molecule has 1 heterocycles. The zero-order chi connectivity index (χ0) is 20.2. The fraction of sp³-hybridized carbons (Fsp3) is 0.875. The lowest BCUT2D eigenvalue weighted by Gasteiger charge is -2.25. The Morgan fingerprint density at radius 3 is 2.52 bits per heavy atom. The van der Waals surface area contributed by atoms with Crippen LogP contribution in [-0.4, -0.2) is 50.5 Å². The van der Waals surface area contributed by atoms with Crippen LogP contribution in [0.4, 0.5) is 17.6 Å². The Morgan fingerprint density at radius 2 is 1.89 bits per heavy atom. The van der Waals surface area contributed by atoms with Crippen molar-refractivity contribution < 1.29 is 45.0 Å². The third-order valence-corrected chi connectivity index (χ3v) is 7.01. The molecule has 2 saturated carbocycles. The summed E-state index contributed by atoms with van der Waals surface area (Å²) in [5.74, 6) is -6.26. The predicted octanol–water partition coefficient (Wildman–Crippen LogP) is 2.17. The van der Waals surface area contributed by atoms with Gasteiger partial charge in [0, 0.05) is 18.6 Å². The summed E-state index contributed by atoms with van der Waals surface area (Å²) in [7, 11) is -5.25. The highest BCUT2D eigenvalue weighted by molar-refractivity contribution is 7.91. The Labute approximate surface area is 153 Å². The van der Waals surface area contributed by atoms with Crippen molar-refractivity contribution in [2.75, 3.05) is 12.9 Å². The van der Waals surface area contributed by atoms with E-state index in [0.29, 0.717) is 12.8 Å².